The highest BCUT2D eigenvalue weighted by Gasteiger charge is 2.49. The Hall–Kier alpha value is -1.30. The Morgan fingerprint density at radius 2 is 2.03 bits per heavy atom. The quantitative estimate of drug-likeness (QED) is 0.674. The summed E-state index contributed by atoms with van der Waals surface area (Å²) in [6.45, 7) is 5.28. The molecule has 2 heterocycles. The lowest BCUT2D eigenvalue weighted by Gasteiger charge is -2.51. The molecule has 1 saturated heterocycles. The van der Waals surface area contributed by atoms with Gasteiger partial charge in [-0.05, 0) is 69.2 Å². The van der Waals surface area contributed by atoms with Crippen LogP contribution in [0.25, 0.3) is 0 Å². The number of carbonyl (C=O) groups excluding carboxylic acids is 1. The summed E-state index contributed by atoms with van der Waals surface area (Å²) in [7, 11) is 4.14. The van der Waals surface area contributed by atoms with Crippen LogP contribution in [0.3, 0.4) is 0 Å². The molecule has 1 spiro atoms. The monoisotopic (exact) mass is 400 g/mol. The molecule has 4 rings (SSSR count). The number of pyridine rings is 1. The van der Waals surface area contributed by atoms with Crippen molar-refractivity contribution in [1.82, 2.24) is 9.88 Å². The van der Waals surface area contributed by atoms with E-state index in [1.54, 1.807) is 6.20 Å². The average molecular weight is 401 g/mol. The van der Waals surface area contributed by atoms with Crippen molar-refractivity contribution in [3.05, 3.63) is 29.6 Å². The molecule has 0 aromatic carbocycles. The van der Waals surface area contributed by atoms with Gasteiger partial charge in [0.15, 0.2) is 6.29 Å². The van der Waals surface area contributed by atoms with Crippen molar-refractivity contribution in [3.8, 4) is 0 Å². The maximum atomic E-state index is 11.3. The van der Waals surface area contributed by atoms with E-state index in [1.165, 1.54) is 32.1 Å². The molecule has 3 unspecified atom stereocenters. The summed E-state index contributed by atoms with van der Waals surface area (Å²) in [5, 5.41) is 0. The lowest BCUT2D eigenvalue weighted by atomic mass is 9.65. The molecule has 3 aliphatic rings. The number of aldehydes is 1. The summed E-state index contributed by atoms with van der Waals surface area (Å²) < 4.78 is 11.8. The predicted molar refractivity (Wildman–Crippen MR) is 113 cm³/mol. The number of hydrogen-bond acceptors (Lipinski definition) is 5. The highest BCUT2D eigenvalue weighted by Crippen LogP contribution is 2.49. The van der Waals surface area contributed by atoms with Crippen LogP contribution in [0.4, 0.5) is 0 Å². The van der Waals surface area contributed by atoms with E-state index >= 15 is 0 Å². The summed E-state index contributed by atoms with van der Waals surface area (Å²) in [6, 6.07) is 4.63. The van der Waals surface area contributed by atoms with Gasteiger partial charge in [-0.2, -0.15) is 0 Å². The van der Waals surface area contributed by atoms with Crippen LogP contribution in [0.1, 0.15) is 67.9 Å². The van der Waals surface area contributed by atoms with Crippen LogP contribution in [0, 0.1) is 17.3 Å². The molecule has 160 valence electrons. The number of carbonyl (C=O) groups is 1. The molecule has 1 aromatic rings. The lowest BCUT2D eigenvalue weighted by Crippen LogP contribution is -2.53. The highest BCUT2D eigenvalue weighted by atomic mass is 16.5. The van der Waals surface area contributed by atoms with Crippen molar-refractivity contribution in [2.45, 2.75) is 63.5 Å². The van der Waals surface area contributed by atoms with E-state index in [0.29, 0.717) is 29.0 Å². The zero-order chi connectivity index (χ0) is 20.5. The predicted octanol–water partition coefficient (Wildman–Crippen LogP) is 4.06. The number of hydrogen-bond donors (Lipinski definition) is 0. The van der Waals surface area contributed by atoms with Crippen LogP contribution < -0.4 is 0 Å². The van der Waals surface area contributed by atoms with Crippen LogP contribution in [0.15, 0.2) is 18.3 Å². The van der Waals surface area contributed by atoms with Gasteiger partial charge in [0.2, 0.25) is 0 Å². The first-order valence-electron chi connectivity index (χ1n) is 11.3. The minimum Gasteiger partial charge on any atom is -0.380 e. The summed E-state index contributed by atoms with van der Waals surface area (Å²) in [5.41, 5.74) is 1.74. The van der Waals surface area contributed by atoms with Crippen LogP contribution in [-0.2, 0) is 15.1 Å². The minimum absolute atomic E-state index is 0.356. The second kappa shape index (κ2) is 8.44. The molecule has 1 aliphatic heterocycles. The Balaban J connectivity index is 1.53. The maximum Gasteiger partial charge on any atom is 0.168 e. The van der Waals surface area contributed by atoms with E-state index in [2.05, 4.69) is 23.9 Å². The number of rotatable bonds is 6. The third-order valence-electron chi connectivity index (χ3n) is 8.18. The van der Waals surface area contributed by atoms with Gasteiger partial charge in [-0.3, -0.25) is 9.78 Å². The van der Waals surface area contributed by atoms with Gasteiger partial charge < -0.3 is 14.4 Å². The molecule has 3 fully saturated rings. The molecule has 1 aromatic heterocycles. The van der Waals surface area contributed by atoms with Crippen LogP contribution in [0.2, 0.25) is 0 Å². The fraction of sp³-hybridized carbons (Fsp3) is 0.750. The second-order valence-electron chi connectivity index (χ2n) is 9.78. The highest BCUT2D eigenvalue weighted by molar-refractivity contribution is 5.72. The fourth-order valence-corrected chi connectivity index (χ4v) is 6.32. The zero-order valence-electron chi connectivity index (χ0n) is 18.2. The molecular weight excluding hydrogens is 364 g/mol. The normalized spacial score (nSPS) is 32.3. The molecular formula is C24H36N2O3. The molecule has 0 bridgehead atoms. The number of ether oxygens (including phenoxy) is 2. The zero-order valence-corrected chi connectivity index (χ0v) is 18.2. The smallest absolute Gasteiger partial charge is 0.168 e. The van der Waals surface area contributed by atoms with Crippen molar-refractivity contribution in [3.63, 3.8) is 0 Å². The van der Waals surface area contributed by atoms with Gasteiger partial charge >= 0.3 is 0 Å². The van der Waals surface area contributed by atoms with Crippen LogP contribution in [0.5, 0.6) is 0 Å². The minimum atomic E-state index is -0.356. The Morgan fingerprint density at radius 3 is 2.66 bits per heavy atom. The van der Waals surface area contributed by atoms with Crippen LogP contribution >= 0.6 is 0 Å². The Morgan fingerprint density at radius 1 is 1.28 bits per heavy atom. The molecule has 0 radical (unpaired) electrons. The molecule has 29 heavy (non-hydrogen) atoms. The fourth-order valence-electron chi connectivity index (χ4n) is 6.32. The van der Waals surface area contributed by atoms with E-state index in [0.717, 1.165) is 44.4 Å². The summed E-state index contributed by atoms with van der Waals surface area (Å²) in [5.74, 6) is 0.814. The first-order valence-corrected chi connectivity index (χ1v) is 11.3. The summed E-state index contributed by atoms with van der Waals surface area (Å²) >= 11 is 0. The second-order valence-corrected chi connectivity index (χ2v) is 9.78. The standard InChI is InChI=1S/C24H36N2O3/c1-18-5-4-6-20(24(18,28-3)19-9-12-25-21(13-19)15-27)14-26(2)22-7-10-23(11-8-22)16-29-17-23/h9,12-13,15,18,20,22H,4-8,10-11,14,16-17H2,1-3H3. The third kappa shape index (κ3) is 3.77. The molecule has 5 heteroatoms. The first-order chi connectivity index (χ1) is 14.0. The maximum absolute atomic E-state index is 11.3. The summed E-state index contributed by atoms with van der Waals surface area (Å²) in [4.78, 5) is 18.1. The SMILES string of the molecule is COC1(c2ccnc(C=O)c2)C(C)CCCC1CN(C)C1CCC2(CC1)COC2. The molecule has 0 N–H and O–H groups in total. The van der Waals surface area contributed by atoms with E-state index in [1.807, 2.05) is 19.2 Å². The Labute approximate surface area is 175 Å². The van der Waals surface area contributed by atoms with Crippen molar-refractivity contribution >= 4 is 6.29 Å². The first kappa shape index (κ1) is 21.0. The molecule has 2 saturated carbocycles. The topological polar surface area (TPSA) is 51.7 Å². The molecule has 3 atom stereocenters. The van der Waals surface area contributed by atoms with Gasteiger partial charge in [0.05, 0.1) is 18.8 Å². The van der Waals surface area contributed by atoms with Crippen molar-refractivity contribution in [2.24, 2.45) is 17.3 Å². The molecule has 5 nitrogen and oxygen atoms in total. The molecule has 2 aliphatic carbocycles. The van der Waals surface area contributed by atoms with Crippen molar-refractivity contribution in [1.29, 1.82) is 0 Å². The van der Waals surface area contributed by atoms with E-state index < -0.39 is 0 Å². The van der Waals surface area contributed by atoms with Crippen molar-refractivity contribution < 1.29 is 14.3 Å². The van der Waals surface area contributed by atoms with E-state index in [-0.39, 0.29) is 5.60 Å². The van der Waals surface area contributed by atoms with Gasteiger partial charge in [0.1, 0.15) is 5.69 Å². The van der Waals surface area contributed by atoms with Gasteiger partial charge in [-0.25, -0.2) is 0 Å². The number of methoxy groups -OCH3 is 1. The molecule has 0 amide bonds. The van der Waals surface area contributed by atoms with Crippen molar-refractivity contribution in [2.75, 3.05) is 33.9 Å². The largest absolute Gasteiger partial charge is 0.380 e. The van der Waals surface area contributed by atoms with Gasteiger partial charge in [0, 0.05) is 37.2 Å². The summed E-state index contributed by atoms with van der Waals surface area (Å²) in [6.07, 6.45) is 11.3. The van der Waals surface area contributed by atoms with E-state index in [4.69, 9.17) is 9.47 Å². The Bertz CT molecular complexity index is 710. The third-order valence-corrected chi connectivity index (χ3v) is 8.18. The van der Waals surface area contributed by atoms with Gasteiger partial charge in [-0.1, -0.05) is 13.3 Å². The lowest BCUT2D eigenvalue weighted by molar-refractivity contribution is -0.146. The number of nitrogens with zero attached hydrogens (tertiary/aromatic N) is 2. The van der Waals surface area contributed by atoms with E-state index in [9.17, 15) is 4.79 Å². The van der Waals surface area contributed by atoms with Crippen LogP contribution in [-0.4, -0.2) is 56.1 Å². The van der Waals surface area contributed by atoms with Gasteiger partial charge in [-0.15, -0.1) is 0 Å². The van der Waals surface area contributed by atoms with Gasteiger partial charge in [0.25, 0.3) is 0 Å². The number of aromatic nitrogens is 1. The average Bonchev–Trinajstić information content (AvgIpc) is 2.73. The Kier molecular flexibility index (Phi) is 6.10.